The van der Waals surface area contributed by atoms with Gasteiger partial charge in [0.15, 0.2) is 0 Å². The van der Waals surface area contributed by atoms with Crippen LogP contribution in [0.4, 0.5) is 0 Å². The lowest BCUT2D eigenvalue weighted by atomic mass is 10.00. The van der Waals surface area contributed by atoms with Gasteiger partial charge < -0.3 is 5.32 Å². The molecule has 0 unspecified atom stereocenters. The van der Waals surface area contributed by atoms with Gasteiger partial charge in [0, 0.05) is 17.1 Å². The van der Waals surface area contributed by atoms with E-state index in [1.54, 1.807) is 11.8 Å². The van der Waals surface area contributed by atoms with Crippen molar-refractivity contribution >= 4 is 17.7 Å². The van der Waals surface area contributed by atoms with Gasteiger partial charge >= 0.3 is 0 Å². The molecule has 0 fully saturated rings. The van der Waals surface area contributed by atoms with E-state index in [0.717, 1.165) is 5.75 Å². The van der Waals surface area contributed by atoms with Crippen LogP contribution in [-0.4, -0.2) is 11.7 Å². The summed E-state index contributed by atoms with van der Waals surface area (Å²) >= 11 is 1.73. The summed E-state index contributed by atoms with van der Waals surface area (Å²) in [7, 11) is 0. The van der Waals surface area contributed by atoms with Crippen molar-refractivity contribution in [2.75, 3.05) is 5.75 Å². The minimum atomic E-state index is 0.0479. The van der Waals surface area contributed by atoms with Crippen molar-refractivity contribution in [2.45, 2.75) is 45.1 Å². The van der Waals surface area contributed by atoms with Gasteiger partial charge in [-0.1, -0.05) is 41.5 Å². The zero-order valence-electron chi connectivity index (χ0n) is 14.3. The standard InChI is InChI=1S/C20H25NOS/c1-14-6-9-18(10-7-14)23-12-11-20(22)21-17(4)19-13-15(2)5-8-16(19)3/h5-10,13,17H,11-12H2,1-4H3,(H,21,22)/t17-/m0/s1. The van der Waals surface area contributed by atoms with Gasteiger partial charge in [0.1, 0.15) is 0 Å². The molecule has 0 aliphatic heterocycles. The average molecular weight is 327 g/mol. The quantitative estimate of drug-likeness (QED) is 0.759. The van der Waals surface area contributed by atoms with Crippen LogP contribution < -0.4 is 5.32 Å². The number of rotatable bonds is 6. The third-order valence-corrected chi connectivity index (χ3v) is 4.91. The van der Waals surface area contributed by atoms with Crippen LogP contribution in [0.15, 0.2) is 47.4 Å². The van der Waals surface area contributed by atoms with E-state index in [-0.39, 0.29) is 11.9 Å². The van der Waals surface area contributed by atoms with E-state index in [1.165, 1.54) is 27.1 Å². The van der Waals surface area contributed by atoms with Crippen molar-refractivity contribution < 1.29 is 4.79 Å². The van der Waals surface area contributed by atoms with Gasteiger partial charge in [-0.15, -0.1) is 11.8 Å². The maximum Gasteiger partial charge on any atom is 0.221 e. The predicted molar refractivity (Wildman–Crippen MR) is 99.0 cm³/mol. The fourth-order valence-corrected chi connectivity index (χ4v) is 3.37. The lowest BCUT2D eigenvalue weighted by Gasteiger charge is -2.17. The number of carbonyl (C=O) groups is 1. The van der Waals surface area contributed by atoms with Crippen LogP contribution in [0.5, 0.6) is 0 Å². The first-order valence-electron chi connectivity index (χ1n) is 8.01. The molecule has 3 heteroatoms. The topological polar surface area (TPSA) is 29.1 Å². The number of hydrogen-bond donors (Lipinski definition) is 1. The molecule has 1 atom stereocenters. The number of benzene rings is 2. The summed E-state index contributed by atoms with van der Waals surface area (Å²) in [5.41, 5.74) is 4.90. The van der Waals surface area contributed by atoms with Gasteiger partial charge in [0.25, 0.3) is 0 Å². The molecule has 2 aromatic carbocycles. The molecular formula is C20H25NOS. The molecule has 0 saturated carbocycles. The van der Waals surface area contributed by atoms with Crippen molar-refractivity contribution in [1.82, 2.24) is 5.32 Å². The second-order valence-corrected chi connectivity index (χ2v) is 7.23. The largest absolute Gasteiger partial charge is 0.350 e. The molecule has 2 rings (SSSR count). The summed E-state index contributed by atoms with van der Waals surface area (Å²) in [6.07, 6.45) is 0.535. The van der Waals surface area contributed by atoms with E-state index in [0.29, 0.717) is 6.42 Å². The van der Waals surface area contributed by atoms with E-state index in [9.17, 15) is 4.79 Å². The SMILES string of the molecule is Cc1ccc(SCCC(=O)N[C@@H](C)c2cc(C)ccc2C)cc1. The molecule has 0 spiro atoms. The van der Waals surface area contributed by atoms with Crippen LogP contribution in [0.2, 0.25) is 0 Å². The highest BCUT2D eigenvalue weighted by Gasteiger charge is 2.11. The third-order valence-electron chi connectivity index (χ3n) is 3.90. The summed E-state index contributed by atoms with van der Waals surface area (Å²) in [6.45, 7) is 8.30. The molecule has 23 heavy (non-hydrogen) atoms. The summed E-state index contributed by atoms with van der Waals surface area (Å²) in [6, 6.07) is 14.8. The zero-order valence-corrected chi connectivity index (χ0v) is 15.2. The molecule has 2 aromatic rings. The number of nitrogens with one attached hydrogen (secondary N) is 1. The van der Waals surface area contributed by atoms with Crippen molar-refractivity contribution in [3.8, 4) is 0 Å². The second kappa shape index (κ2) is 8.21. The average Bonchev–Trinajstić information content (AvgIpc) is 2.51. The molecule has 0 radical (unpaired) electrons. The molecule has 0 bridgehead atoms. The number of carbonyl (C=O) groups excluding carboxylic acids is 1. The Morgan fingerprint density at radius 2 is 1.70 bits per heavy atom. The number of aryl methyl sites for hydroxylation is 3. The summed E-state index contributed by atoms with van der Waals surface area (Å²) in [4.78, 5) is 13.4. The zero-order chi connectivity index (χ0) is 16.8. The molecule has 0 heterocycles. The van der Waals surface area contributed by atoms with Crippen LogP contribution in [0, 0.1) is 20.8 Å². The molecule has 1 N–H and O–H groups in total. The first kappa shape index (κ1) is 17.6. The molecule has 0 aliphatic carbocycles. The van der Waals surface area contributed by atoms with Gasteiger partial charge in [-0.25, -0.2) is 0 Å². The second-order valence-electron chi connectivity index (χ2n) is 6.06. The van der Waals surface area contributed by atoms with E-state index in [4.69, 9.17) is 0 Å². The van der Waals surface area contributed by atoms with E-state index < -0.39 is 0 Å². The lowest BCUT2D eigenvalue weighted by molar-refractivity contribution is -0.121. The van der Waals surface area contributed by atoms with Crippen LogP contribution in [-0.2, 0) is 4.79 Å². The van der Waals surface area contributed by atoms with Crippen LogP contribution in [0.3, 0.4) is 0 Å². The fourth-order valence-electron chi connectivity index (χ4n) is 2.51. The smallest absolute Gasteiger partial charge is 0.221 e. The number of thioether (sulfide) groups is 1. The molecule has 0 aromatic heterocycles. The van der Waals surface area contributed by atoms with Crippen LogP contribution >= 0.6 is 11.8 Å². The predicted octanol–water partition coefficient (Wildman–Crippen LogP) is 4.97. The highest BCUT2D eigenvalue weighted by molar-refractivity contribution is 7.99. The first-order chi connectivity index (χ1) is 11.0. The monoisotopic (exact) mass is 327 g/mol. The highest BCUT2D eigenvalue weighted by atomic mass is 32.2. The molecule has 1 amide bonds. The third kappa shape index (κ3) is 5.43. The molecular weight excluding hydrogens is 302 g/mol. The maximum atomic E-state index is 12.1. The Kier molecular flexibility index (Phi) is 6.28. The Balaban J connectivity index is 1.82. The van der Waals surface area contributed by atoms with E-state index in [1.807, 2.05) is 6.92 Å². The summed E-state index contributed by atoms with van der Waals surface area (Å²) in [5.74, 6) is 0.909. The Bertz CT molecular complexity index is 664. The van der Waals surface area contributed by atoms with Gasteiger partial charge in [-0.3, -0.25) is 4.79 Å². The van der Waals surface area contributed by atoms with E-state index >= 15 is 0 Å². The maximum absolute atomic E-state index is 12.1. The fraction of sp³-hybridized carbons (Fsp3) is 0.350. The highest BCUT2D eigenvalue weighted by Crippen LogP contribution is 2.21. The summed E-state index contributed by atoms with van der Waals surface area (Å²) in [5, 5.41) is 3.11. The Morgan fingerprint density at radius 1 is 1.04 bits per heavy atom. The number of amides is 1. The van der Waals surface area contributed by atoms with Gasteiger partial charge in [0.2, 0.25) is 5.91 Å². The summed E-state index contributed by atoms with van der Waals surface area (Å²) < 4.78 is 0. The Labute approximate surface area is 143 Å². The Morgan fingerprint density at radius 3 is 2.39 bits per heavy atom. The first-order valence-corrected chi connectivity index (χ1v) is 9.00. The molecule has 122 valence electrons. The van der Waals surface area contributed by atoms with Crippen LogP contribution in [0.1, 0.15) is 41.6 Å². The van der Waals surface area contributed by atoms with Crippen molar-refractivity contribution in [3.05, 3.63) is 64.7 Å². The minimum Gasteiger partial charge on any atom is -0.350 e. The van der Waals surface area contributed by atoms with Crippen molar-refractivity contribution in [2.24, 2.45) is 0 Å². The molecule has 2 nitrogen and oxygen atoms in total. The van der Waals surface area contributed by atoms with Gasteiger partial charge in [-0.05, 0) is 51.0 Å². The van der Waals surface area contributed by atoms with Crippen LogP contribution in [0.25, 0.3) is 0 Å². The van der Waals surface area contributed by atoms with Gasteiger partial charge in [0.05, 0.1) is 6.04 Å². The molecule has 0 aliphatic rings. The van der Waals surface area contributed by atoms with Crippen molar-refractivity contribution in [1.29, 1.82) is 0 Å². The molecule has 0 saturated heterocycles. The lowest BCUT2D eigenvalue weighted by Crippen LogP contribution is -2.27. The minimum absolute atomic E-state index is 0.0479. The Hall–Kier alpha value is -1.74. The normalized spacial score (nSPS) is 12.0. The van der Waals surface area contributed by atoms with E-state index in [2.05, 4.69) is 68.6 Å². The van der Waals surface area contributed by atoms with Crippen molar-refractivity contribution in [3.63, 3.8) is 0 Å². The van der Waals surface area contributed by atoms with Gasteiger partial charge in [-0.2, -0.15) is 0 Å². The number of hydrogen-bond acceptors (Lipinski definition) is 2.